The predicted octanol–water partition coefficient (Wildman–Crippen LogP) is 3.57. The van der Waals surface area contributed by atoms with Crippen LogP contribution in [0.5, 0.6) is 5.75 Å². The molecule has 1 heterocycles. The van der Waals surface area contributed by atoms with E-state index in [9.17, 15) is 4.79 Å². The van der Waals surface area contributed by atoms with Crippen molar-refractivity contribution in [1.82, 2.24) is 9.97 Å². The molecule has 20 heavy (non-hydrogen) atoms. The molecule has 0 aliphatic carbocycles. The molecule has 0 aliphatic heterocycles. The summed E-state index contributed by atoms with van der Waals surface area (Å²) in [6, 6.07) is 5.39. The standard InChI is InChI=1S/C13H11Br2N3O2/c1-7-3-4-9(20-2)8(5-7)13(19)18-12-11(15)17-10(14)6-16-12/h3-6H,1-2H3,(H,16,18,19). The fraction of sp³-hybridized carbons (Fsp3) is 0.154. The molecule has 1 aromatic carbocycles. The zero-order chi connectivity index (χ0) is 14.7. The molecular weight excluding hydrogens is 390 g/mol. The van der Waals surface area contributed by atoms with E-state index in [-0.39, 0.29) is 5.91 Å². The summed E-state index contributed by atoms with van der Waals surface area (Å²) in [6.45, 7) is 1.91. The van der Waals surface area contributed by atoms with Crippen LogP contribution in [0.4, 0.5) is 5.82 Å². The summed E-state index contributed by atoms with van der Waals surface area (Å²) in [4.78, 5) is 20.5. The maximum absolute atomic E-state index is 12.3. The third kappa shape index (κ3) is 3.34. The van der Waals surface area contributed by atoms with E-state index in [1.165, 1.54) is 13.3 Å². The van der Waals surface area contributed by atoms with Gasteiger partial charge in [0.1, 0.15) is 15.0 Å². The average Bonchev–Trinajstić information content (AvgIpc) is 2.41. The number of methoxy groups -OCH3 is 1. The van der Waals surface area contributed by atoms with Crippen molar-refractivity contribution in [2.24, 2.45) is 0 Å². The number of rotatable bonds is 3. The maximum atomic E-state index is 12.3. The van der Waals surface area contributed by atoms with Gasteiger partial charge in [-0.15, -0.1) is 0 Å². The van der Waals surface area contributed by atoms with Crippen LogP contribution in [0.25, 0.3) is 0 Å². The number of aromatic nitrogens is 2. The number of hydrogen-bond acceptors (Lipinski definition) is 4. The molecule has 0 saturated carbocycles. The molecule has 2 aromatic rings. The third-order valence-electron chi connectivity index (χ3n) is 2.53. The molecular formula is C13H11Br2N3O2. The van der Waals surface area contributed by atoms with Gasteiger partial charge < -0.3 is 10.1 Å². The predicted molar refractivity (Wildman–Crippen MR) is 83.1 cm³/mol. The van der Waals surface area contributed by atoms with Crippen LogP contribution in [-0.2, 0) is 0 Å². The van der Waals surface area contributed by atoms with E-state index in [4.69, 9.17) is 4.74 Å². The summed E-state index contributed by atoms with van der Waals surface area (Å²) < 4.78 is 6.22. The van der Waals surface area contributed by atoms with Gasteiger partial charge in [-0.05, 0) is 50.9 Å². The lowest BCUT2D eigenvalue weighted by atomic mass is 10.1. The Morgan fingerprint density at radius 3 is 2.75 bits per heavy atom. The number of amides is 1. The van der Waals surface area contributed by atoms with Crippen molar-refractivity contribution in [3.63, 3.8) is 0 Å². The Balaban J connectivity index is 2.30. The Kier molecular flexibility index (Phi) is 4.72. The van der Waals surface area contributed by atoms with E-state index in [2.05, 4.69) is 47.1 Å². The molecule has 0 fully saturated rings. The smallest absolute Gasteiger partial charge is 0.260 e. The average molecular weight is 401 g/mol. The summed E-state index contributed by atoms with van der Waals surface area (Å²) in [6.07, 6.45) is 1.51. The lowest BCUT2D eigenvalue weighted by Gasteiger charge is -2.10. The van der Waals surface area contributed by atoms with Crippen molar-refractivity contribution in [2.75, 3.05) is 12.4 Å². The number of carbonyl (C=O) groups excluding carboxylic acids is 1. The van der Waals surface area contributed by atoms with Crippen LogP contribution in [0.15, 0.2) is 33.6 Å². The Morgan fingerprint density at radius 2 is 2.10 bits per heavy atom. The highest BCUT2D eigenvalue weighted by Gasteiger charge is 2.15. The van der Waals surface area contributed by atoms with Crippen LogP contribution in [0, 0.1) is 6.92 Å². The number of ether oxygens (including phenoxy) is 1. The third-order valence-corrected chi connectivity index (χ3v) is 3.47. The van der Waals surface area contributed by atoms with Crippen LogP contribution in [0.3, 0.4) is 0 Å². The van der Waals surface area contributed by atoms with Crippen LogP contribution in [-0.4, -0.2) is 23.0 Å². The van der Waals surface area contributed by atoms with Gasteiger partial charge in [-0.25, -0.2) is 9.97 Å². The quantitative estimate of drug-likeness (QED) is 0.855. The van der Waals surface area contributed by atoms with Gasteiger partial charge in [-0.1, -0.05) is 11.6 Å². The molecule has 0 unspecified atom stereocenters. The van der Waals surface area contributed by atoms with Crippen molar-refractivity contribution >= 4 is 43.6 Å². The van der Waals surface area contributed by atoms with Crippen LogP contribution < -0.4 is 10.1 Å². The van der Waals surface area contributed by atoms with Gasteiger partial charge in [0.05, 0.1) is 18.9 Å². The molecule has 0 radical (unpaired) electrons. The number of halogens is 2. The van der Waals surface area contributed by atoms with Crippen molar-refractivity contribution in [2.45, 2.75) is 6.92 Å². The number of hydrogen-bond donors (Lipinski definition) is 1. The summed E-state index contributed by atoms with van der Waals surface area (Å²) in [7, 11) is 1.52. The lowest BCUT2D eigenvalue weighted by Crippen LogP contribution is -2.15. The molecule has 1 N–H and O–H groups in total. The summed E-state index contributed by atoms with van der Waals surface area (Å²) >= 11 is 6.45. The molecule has 1 aromatic heterocycles. The number of aryl methyl sites for hydroxylation is 1. The fourth-order valence-corrected chi connectivity index (χ4v) is 2.51. The van der Waals surface area contributed by atoms with Gasteiger partial charge in [0.15, 0.2) is 5.82 Å². The minimum atomic E-state index is -0.303. The van der Waals surface area contributed by atoms with Crippen molar-refractivity contribution in [1.29, 1.82) is 0 Å². The Bertz CT molecular complexity index is 662. The van der Waals surface area contributed by atoms with E-state index < -0.39 is 0 Å². The number of nitrogens with zero attached hydrogens (tertiary/aromatic N) is 2. The molecule has 0 saturated heterocycles. The zero-order valence-corrected chi connectivity index (χ0v) is 13.9. The molecule has 1 amide bonds. The second-order valence-corrected chi connectivity index (χ2v) is 5.55. The van der Waals surface area contributed by atoms with Crippen LogP contribution in [0.1, 0.15) is 15.9 Å². The molecule has 2 rings (SSSR count). The summed E-state index contributed by atoms with van der Waals surface area (Å²) in [5.74, 6) is 0.555. The number of anilines is 1. The highest BCUT2D eigenvalue weighted by Crippen LogP contribution is 2.23. The van der Waals surface area contributed by atoms with Crippen molar-refractivity contribution in [3.8, 4) is 5.75 Å². The second kappa shape index (κ2) is 6.32. The van der Waals surface area contributed by atoms with Crippen LogP contribution >= 0.6 is 31.9 Å². The molecule has 0 bridgehead atoms. The highest BCUT2D eigenvalue weighted by molar-refractivity contribution is 9.11. The Morgan fingerprint density at radius 1 is 1.35 bits per heavy atom. The molecule has 0 atom stereocenters. The lowest BCUT2D eigenvalue weighted by molar-refractivity contribution is 0.102. The molecule has 104 valence electrons. The number of nitrogens with one attached hydrogen (secondary N) is 1. The SMILES string of the molecule is COc1ccc(C)cc1C(=O)Nc1ncc(Br)nc1Br. The van der Waals surface area contributed by atoms with E-state index in [1.807, 2.05) is 13.0 Å². The Hall–Kier alpha value is -1.47. The van der Waals surface area contributed by atoms with E-state index in [1.54, 1.807) is 12.1 Å². The first-order valence-electron chi connectivity index (χ1n) is 5.65. The minimum absolute atomic E-state index is 0.303. The normalized spacial score (nSPS) is 10.2. The van der Waals surface area contributed by atoms with Gasteiger partial charge in [0.25, 0.3) is 5.91 Å². The minimum Gasteiger partial charge on any atom is -0.496 e. The zero-order valence-electron chi connectivity index (χ0n) is 10.8. The van der Waals surface area contributed by atoms with Gasteiger partial charge in [0.2, 0.25) is 0 Å². The maximum Gasteiger partial charge on any atom is 0.260 e. The Labute approximate surface area is 133 Å². The highest BCUT2D eigenvalue weighted by atomic mass is 79.9. The second-order valence-electron chi connectivity index (χ2n) is 3.99. The van der Waals surface area contributed by atoms with Gasteiger partial charge in [0, 0.05) is 0 Å². The molecule has 0 spiro atoms. The van der Waals surface area contributed by atoms with Crippen molar-refractivity contribution in [3.05, 3.63) is 44.7 Å². The van der Waals surface area contributed by atoms with E-state index in [0.717, 1.165) is 5.56 Å². The molecule has 0 aliphatic rings. The first-order valence-corrected chi connectivity index (χ1v) is 7.24. The monoisotopic (exact) mass is 399 g/mol. The number of benzene rings is 1. The molecule has 7 heteroatoms. The summed E-state index contributed by atoms with van der Waals surface area (Å²) in [5.41, 5.74) is 1.42. The van der Waals surface area contributed by atoms with Gasteiger partial charge in [-0.2, -0.15) is 0 Å². The van der Waals surface area contributed by atoms with Crippen molar-refractivity contribution < 1.29 is 9.53 Å². The van der Waals surface area contributed by atoms with Crippen LogP contribution in [0.2, 0.25) is 0 Å². The first kappa shape index (κ1) is 14.9. The summed E-state index contributed by atoms with van der Waals surface area (Å²) in [5, 5.41) is 2.70. The van der Waals surface area contributed by atoms with Gasteiger partial charge in [-0.3, -0.25) is 4.79 Å². The largest absolute Gasteiger partial charge is 0.496 e. The van der Waals surface area contributed by atoms with E-state index in [0.29, 0.717) is 26.3 Å². The first-order chi connectivity index (χ1) is 9.51. The topological polar surface area (TPSA) is 64.1 Å². The van der Waals surface area contributed by atoms with E-state index >= 15 is 0 Å². The van der Waals surface area contributed by atoms with Gasteiger partial charge >= 0.3 is 0 Å². The molecule has 5 nitrogen and oxygen atoms in total. The fourth-order valence-electron chi connectivity index (χ4n) is 1.60. The number of carbonyl (C=O) groups is 1.